The lowest BCUT2D eigenvalue weighted by atomic mass is 10.00. The summed E-state index contributed by atoms with van der Waals surface area (Å²) < 4.78 is 83.3. The molecule has 0 saturated carbocycles. The Morgan fingerprint density at radius 2 is 1.94 bits per heavy atom. The van der Waals surface area contributed by atoms with Crippen LogP contribution in [0.5, 0.6) is 0 Å². The number of carbonyl (C=O) groups excluding carboxylic acids is 1. The molecule has 192 valence electrons. The Hall–Kier alpha value is -3.45. The molecule has 0 unspecified atom stereocenters. The molecule has 0 fully saturated rings. The van der Waals surface area contributed by atoms with Crippen LogP contribution in [0.25, 0.3) is 10.9 Å². The fraction of sp³-hybridized carbons (Fsp3) is 0.348. The zero-order valence-corrected chi connectivity index (χ0v) is 18.7. The lowest BCUT2D eigenvalue weighted by molar-refractivity contribution is -0.206. The molecule has 2 aromatic heterocycles. The standard InChI is InChI=1S/C23H20F6N4O3/c1-11-19-16(10-36-11)15-6-12(2-5-17(15)32-20(19)30)21(35)33(9-18(34)23(27,28)29)8-14-4-3-13(7-31-14)22(24,25)26/h2-7,11,18,34H,8-10H2,1H3,(H2,30,32)/t11-,18+/m1/s1. The van der Waals surface area contributed by atoms with Crippen LogP contribution in [-0.2, 0) is 24.1 Å². The van der Waals surface area contributed by atoms with E-state index in [4.69, 9.17) is 10.5 Å². The Bertz CT molecular complexity index is 1290. The smallest absolute Gasteiger partial charge is 0.383 e. The summed E-state index contributed by atoms with van der Waals surface area (Å²) in [6.45, 7) is 0.257. The summed E-state index contributed by atoms with van der Waals surface area (Å²) in [5, 5.41) is 10.1. The Balaban J connectivity index is 1.69. The number of amides is 1. The van der Waals surface area contributed by atoms with Gasteiger partial charge in [0.25, 0.3) is 5.91 Å². The number of pyridine rings is 2. The average Bonchev–Trinajstić information content (AvgIpc) is 3.19. The van der Waals surface area contributed by atoms with Crippen LogP contribution in [0.3, 0.4) is 0 Å². The van der Waals surface area contributed by atoms with Gasteiger partial charge >= 0.3 is 12.4 Å². The number of fused-ring (bicyclic) bond motifs is 3. The van der Waals surface area contributed by atoms with Crippen LogP contribution in [0.15, 0.2) is 36.5 Å². The quantitative estimate of drug-likeness (QED) is 0.490. The second-order valence-corrected chi connectivity index (χ2v) is 8.35. The number of nitrogens with zero attached hydrogens (tertiary/aromatic N) is 3. The minimum absolute atomic E-state index is 0.0166. The topological polar surface area (TPSA) is 102 Å². The Labute approximate surface area is 200 Å². The first-order valence-electron chi connectivity index (χ1n) is 10.7. The summed E-state index contributed by atoms with van der Waals surface area (Å²) in [4.78, 5) is 21.9. The number of aliphatic hydroxyl groups is 1. The van der Waals surface area contributed by atoms with Crippen molar-refractivity contribution in [3.05, 3.63) is 64.5 Å². The van der Waals surface area contributed by atoms with Crippen molar-refractivity contribution in [1.29, 1.82) is 0 Å². The molecule has 1 aliphatic heterocycles. The third-order valence-electron chi connectivity index (χ3n) is 5.86. The lowest BCUT2D eigenvalue weighted by Crippen LogP contribution is -2.43. The number of nitrogens with two attached hydrogens (primary N) is 1. The van der Waals surface area contributed by atoms with Crippen molar-refractivity contribution in [1.82, 2.24) is 14.9 Å². The lowest BCUT2D eigenvalue weighted by Gasteiger charge is -2.26. The number of hydrogen-bond donors (Lipinski definition) is 2. The van der Waals surface area contributed by atoms with Crippen LogP contribution in [-0.4, -0.2) is 44.7 Å². The molecule has 13 heteroatoms. The van der Waals surface area contributed by atoms with E-state index in [0.29, 0.717) is 39.2 Å². The molecule has 7 nitrogen and oxygen atoms in total. The number of aromatic nitrogens is 2. The first kappa shape index (κ1) is 25.6. The van der Waals surface area contributed by atoms with Crippen LogP contribution >= 0.6 is 0 Å². The second-order valence-electron chi connectivity index (χ2n) is 8.35. The molecule has 3 heterocycles. The fourth-order valence-corrected chi connectivity index (χ4v) is 3.99. The van der Waals surface area contributed by atoms with Crippen molar-refractivity contribution < 1.29 is 41.0 Å². The normalized spacial score (nSPS) is 16.7. The van der Waals surface area contributed by atoms with Gasteiger partial charge in [0.1, 0.15) is 5.82 Å². The largest absolute Gasteiger partial charge is 0.417 e. The summed E-state index contributed by atoms with van der Waals surface area (Å²) in [6.07, 6.45) is -12.4. The molecule has 0 spiro atoms. The molecule has 1 amide bonds. The highest BCUT2D eigenvalue weighted by Crippen LogP contribution is 2.38. The first-order chi connectivity index (χ1) is 16.8. The van der Waals surface area contributed by atoms with E-state index >= 15 is 0 Å². The molecule has 4 rings (SSSR count). The number of rotatable bonds is 5. The number of carbonyl (C=O) groups is 1. The molecule has 3 aromatic rings. The van der Waals surface area contributed by atoms with Crippen LogP contribution in [0.1, 0.15) is 45.8 Å². The highest BCUT2D eigenvalue weighted by molar-refractivity contribution is 5.99. The van der Waals surface area contributed by atoms with E-state index < -0.39 is 43.0 Å². The van der Waals surface area contributed by atoms with Crippen LogP contribution < -0.4 is 5.73 Å². The van der Waals surface area contributed by atoms with E-state index in [1.54, 1.807) is 6.92 Å². The molecular formula is C23H20F6N4O3. The molecular weight excluding hydrogens is 494 g/mol. The first-order valence-corrected chi connectivity index (χ1v) is 10.7. The second kappa shape index (κ2) is 9.21. The summed E-state index contributed by atoms with van der Waals surface area (Å²) in [5.74, 6) is -0.621. The minimum Gasteiger partial charge on any atom is -0.383 e. The minimum atomic E-state index is -5.02. The van der Waals surface area contributed by atoms with Crippen LogP contribution in [0, 0.1) is 0 Å². The highest BCUT2D eigenvalue weighted by atomic mass is 19.4. The molecule has 0 radical (unpaired) electrons. The van der Waals surface area contributed by atoms with Crippen LogP contribution in [0.2, 0.25) is 0 Å². The number of halogens is 6. The van der Waals surface area contributed by atoms with Crippen LogP contribution in [0.4, 0.5) is 32.2 Å². The third kappa shape index (κ3) is 5.07. The monoisotopic (exact) mass is 514 g/mol. The average molecular weight is 514 g/mol. The van der Waals surface area contributed by atoms with E-state index in [1.807, 2.05) is 0 Å². The van der Waals surface area contributed by atoms with E-state index in [-0.39, 0.29) is 29.8 Å². The van der Waals surface area contributed by atoms with Gasteiger partial charge in [-0.05, 0) is 42.8 Å². The van der Waals surface area contributed by atoms with Gasteiger partial charge in [0, 0.05) is 22.7 Å². The number of nitrogen functional groups attached to an aromatic ring is 1. The summed E-state index contributed by atoms with van der Waals surface area (Å²) in [7, 11) is 0. The third-order valence-corrected chi connectivity index (χ3v) is 5.86. The van der Waals surface area contributed by atoms with Gasteiger partial charge in [0.15, 0.2) is 6.10 Å². The zero-order valence-electron chi connectivity index (χ0n) is 18.7. The number of hydrogen-bond acceptors (Lipinski definition) is 6. The van der Waals surface area contributed by atoms with Gasteiger partial charge < -0.3 is 20.5 Å². The molecule has 0 aliphatic carbocycles. The maximum atomic E-state index is 13.3. The highest BCUT2D eigenvalue weighted by Gasteiger charge is 2.40. The molecule has 1 aliphatic rings. The number of anilines is 1. The summed E-state index contributed by atoms with van der Waals surface area (Å²) >= 11 is 0. The summed E-state index contributed by atoms with van der Waals surface area (Å²) in [6, 6.07) is 5.94. The maximum absolute atomic E-state index is 13.3. The Morgan fingerprint density at radius 1 is 1.22 bits per heavy atom. The van der Waals surface area contributed by atoms with Gasteiger partial charge in [-0.3, -0.25) is 9.78 Å². The van der Waals surface area contributed by atoms with E-state index in [9.17, 15) is 36.2 Å². The van der Waals surface area contributed by atoms with Gasteiger partial charge in [-0.1, -0.05) is 0 Å². The van der Waals surface area contributed by atoms with Gasteiger partial charge in [0.2, 0.25) is 0 Å². The number of alkyl halides is 6. The SMILES string of the molecule is C[C@H]1OCc2c1c(N)nc1ccc(C(=O)N(Cc3ccc(C(F)(F)F)cn3)C[C@H](O)C(F)(F)F)cc21. The Morgan fingerprint density at radius 3 is 2.56 bits per heavy atom. The predicted molar refractivity (Wildman–Crippen MR) is 115 cm³/mol. The van der Waals surface area contributed by atoms with E-state index in [0.717, 1.165) is 6.07 Å². The van der Waals surface area contributed by atoms with E-state index in [2.05, 4.69) is 9.97 Å². The molecule has 0 saturated heterocycles. The number of ether oxygens (including phenoxy) is 1. The van der Waals surface area contributed by atoms with Gasteiger partial charge in [-0.15, -0.1) is 0 Å². The van der Waals surface area contributed by atoms with Gasteiger partial charge in [-0.25, -0.2) is 4.98 Å². The van der Waals surface area contributed by atoms with Crippen molar-refractivity contribution >= 4 is 22.6 Å². The van der Waals surface area contributed by atoms with Gasteiger partial charge in [-0.2, -0.15) is 26.3 Å². The molecule has 2 atom stereocenters. The number of benzene rings is 1. The van der Waals surface area contributed by atoms with Gasteiger partial charge in [0.05, 0.1) is 42.6 Å². The zero-order chi connectivity index (χ0) is 26.4. The van der Waals surface area contributed by atoms with Crippen molar-refractivity contribution in [3.8, 4) is 0 Å². The van der Waals surface area contributed by atoms with Crippen molar-refractivity contribution in [2.45, 2.75) is 44.6 Å². The summed E-state index contributed by atoms with van der Waals surface area (Å²) in [5.41, 5.74) is 6.66. The predicted octanol–water partition coefficient (Wildman–Crippen LogP) is 4.39. The van der Waals surface area contributed by atoms with E-state index in [1.165, 1.54) is 18.2 Å². The fourth-order valence-electron chi connectivity index (χ4n) is 3.99. The molecule has 1 aromatic carbocycles. The van der Waals surface area contributed by atoms with Crippen molar-refractivity contribution in [2.24, 2.45) is 0 Å². The maximum Gasteiger partial charge on any atom is 0.417 e. The van der Waals surface area contributed by atoms with Crippen molar-refractivity contribution in [2.75, 3.05) is 12.3 Å². The number of aliphatic hydroxyl groups excluding tert-OH is 1. The Kier molecular flexibility index (Phi) is 6.56. The van der Waals surface area contributed by atoms with Crippen molar-refractivity contribution in [3.63, 3.8) is 0 Å². The molecule has 3 N–H and O–H groups in total. The molecule has 0 bridgehead atoms. The molecule has 36 heavy (non-hydrogen) atoms.